The van der Waals surface area contributed by atoms with Gasteiger partial charge in [-0.3, -0.25) is 4.79 Å². The van der Waals surface area contributed by atoms with Gasteiger partial charge in [-0.15, -0.1) is 0 Å². The van der Waals surface area contributed by atoms with Crippen LogP contribution >= 0.6 is 12.2 Å². The van der Waals surface area contributed by atoms with Crippen molar-refractivity contribution < 1.29 is 4.79 Å². The Hall–Kier alpha value is -0.730. The van der Waals surface area contributed by atoms with Crippen LogP contribution in [0.15, 0.2) is 4.99 Å². The van der Waals surface area contributed by atoms with Crippen LogP contribution in [0, 0.1) is 0 Å². The molecule has 0 rings (SSSR count). The fourth-order valence-electron chi connectivity index (χ4n) is 0.328. The topological polar surface area (TPSA) is 41.5 Å². The third kappa shape index (κ3) is 5.14. The van der Waals surface area contributed by atoms with Crippen molar-refractivity contribution in [2.75, 3.05) is 13.6 Å². The van der Waals surface area contributed by atoms with E-state index in [9.17, 15) is 4.79 Å². The Kier molecular flexibility index (Phi) is 4.97. The number of nitrogens with one attached hydrogen (secondary N) is 1. The Morgan fingerprint density at radius 2 is 2.56 bits per heavy atom. The molecule has 1 N–H and O–H groups in total. The van der Waals surface area contributed by atoms with Crippen molar-refractivity contribution in [3.63, 3.8) is 0 Å². The van der Waals surface area contributed by atoms with Crippen LogP contribution in [0.3, 0.4) is 0 Å². The average molecular weight is 144 g/mol. The van der Waals surface area contributed by atoms with E-state index in [4.69, 9.17) is 0 Å². The Morgan fingerprint density at radius 3 is 3.00 bits per heavy atom. The second-order valence-electron chi connectivity index (χ2n) is 1.40. The number of carbonyl (C=O) groups is 1. The average Bonchev–Trinajstić information content (AvgIpc) is 1.89. The summed E-state index contributed by atoms with van der Waals surface area (Å²) in [5.41, 5.74) is 0. The minimum absolute atomic E-state index is 0.0241. The van der Waals surface area contributed by atoms with E-state index in [-0.39, 0.29) is 5.91 Å². The smallest absolute Gasteiger partial charge is 0.221 e. The zero-order valence-corrected chi connectivity index (χ0v) is 5.99. The molecular formula is C5H8N2OS. The van der Waals surface area contributed by atoms with Crippen molar-refractivity contribution in [3.05, 3.63) is 0 Å². The van der Waals surface area contributed by atoms with Crippen LogP contribution in [0.25, 0.3) is 0 Å². The first-order valence-electron chi connectivity index (χ1n) is 2.55. The summed E-state index contributed by atoms with van der Waals surface area (Å²) >= 11 is 4.29. The van der Waals surface area contributed by atoms with E-state index in [0.29, 0.717) is 13.0 Å². The first-order valence-corrected chi connectivity index (χ1v) is 2.96. The fraction of sp³-hybridized carbons (Fsp3) is 0.600. The molecule has 0 atom stereocenters. The lowest BCUT2D eigenvalue weighted by molar-refractivity contribution is -0.120. The van der Waals surface area contributed by atoms with E-state index in [1.165, 1.54) is 0 Å². The van der Waals surface area contributed by atoms with Gasteiger partial charge in [0, 0.05) is 13.5 Å². The van der Waals surface area contributed by atoms with Crippen LogP contribution in [0.2, 0.25) is 0 Å². The van der Waals surface area contributed by atoms with Gasteiger partial charge in [0.2, 0.25) is 5.91 Å². The van der Waals surface area contributed by atoms with Gasteiger partial charge in [0.15, 0.2) is 0 Å². The molecule has 9 heavy (non-hydrogen) atoms. The maximum Gasteiger partial charge on any atom is 0.221 e. The van der Waals surface area contributed by atoms with Gasteiger partial charge in [0.25, 0.3) is 0 Å². The van der Waals surface area contributed by atoms with Crippen molar-refractivity contribution in [2.45, 2.75) is 6.42 Å². The number of isothiocyanates is 1. The maximum atomic E-state index is 10.5. The molecule has 0 spiro atoms. The van der Waals surface area contributed by atoms with Gasteiger partial charge in [-0.2, -0.15) is 0 Å². The molecule has 0 aromatic heterocycles. The highest BCUT2D eigenvalue weighted by Crippen LogP contribution is 1.77. The molecule has 0 bridgehead atoms. The Morgan fingerprint density at radius 1 is 1.89 bits per heavy atom. The van der Waals surface area contributed by atoms with Crippen LogP contribution in [0.4, 0.5) is 0 Å². The van der Waals surface area contributed by atoms with E-state index >= 15 is 0 Å². The molecule has 0 aliphatic carbocycles. The number of amides is 1. The molecule has 0 unspecified atom stereocenters. The Bertz CT molecular complexity index is 140. The van der Waals surface area contributed by atoms with E-state index in [0.717, 1.165) is 0 Å². The summed E-state index contributed by atoms with van der Waals surface area (Å²) in [6.45, 7) is 0.434. The van der Waals surface area contributed by atoms with Gasteiger partial charge in [0.05, 0.1) is 11.7 Å². The third-order valence-corrected chi connectivity index (χ3v) is 0.923. The second kappa shape index (κ2) is 5.41. The lowest BCUT2D eigenvalue weighted by Crippen LogP contribution is -2.17. The summed E-state index contributed by atoms with van der Waals surface area (Å²) in [6.07, 6.45) is 0.389. The molecule has 0 radical (unpaired) electrons. The SMILES string of the molecule is CNC(=O)CCN=C=S. The summed E-state index contributed by atoms with van der Waals surface area (Å²) in [5.74, 6) is -0.0241. The summed E-state index contributed by atoms with van der Waals surface area (Å²) in [4.78, 5) is 14.0. The lowest BCUT2D eigenvalue weighted by atomic mass is 10.4. The van der Waals surface area contributed by atoms with E-state index in [1.807, 2.05) is 0 Å². The lowest BCUT2D eigenvalue weighted by Gasteiger charge is -1.91. The number of carbonyl (C=O) groups excluding carboxylic acids is 1. The van der Waals surface area contributed by atoms with Gasteiger partial charge < -0.3 is 5.32 Å². The zero-order valence-electron chi connectivity index (χ0n) is 5.18. The van der Waals surface area contributed by atoms with Gasteiger partial charge in [-0.25, -0.2) is 4.99 Å². The maximum absolute atomic E-state index is 10.5. The van der Waals surface area contributed by atoms with E-state index in [2.05, 4.69) is 27.7 Å². The molecule has 0 aromatic rings. The van der Waals surface area contributed by atoms with Crippen LogP contribution < -0.4 is 5.32 Å². The highest BCUT2D eigenvalue weighted by molar-refractivity contribution is 7.78. The molecule has 0 saturated carbocycles. The number of hydrogen-bond donors (Lipinski definition) is 1. The number of rotatable bonds is 3. The van der Waals surface area contributed by atoms with Crippen molar-refractivity contribution in [2.24, 2.45) is 4.99 Å². The van der Waals surface area contributed by atoms with Crippen molar-refractivity contribution >= 4 is 23.3 Å². The van der Waals surface area contributed by atoms with Crippen molar-refractivity contribution in [1.82, 2.24) is 5.32 Å². The largest absolute Gasteiger partial charge is 0.359 e. The molecule has 3 nitrogen and oxygen atoms in total. The molecule has 0 saturated heterocycles. The highest BCUT2D eigenvalue weighted by atomic mass is 32.1. The number of nitrogens with zero attached hydrogens (tertiary/aromatic N) is 1. The van der Waals surface area contributed by atoms with Gasteiger partial charge in [0.1, 0.15) is 0 Å². The second-order valence-corrected chi connectivity index (χ2v) is 1.58. The van der Waals surface area contributed by atoms with Crippen LogP contribution in [-0.4, -0.2) is 24.7 Å². The van der Waals surface area contributed by atoms with E-state index in [1.54, 1.807) is 7.05 Å². The molecular weight excluding hydrogens is 136 g/mol. The summed E-state index contributed by atoms with van der Waals surface area (Å²) < 4.78 is 0. The van der Waals surface area contributed by atoms with Crippen molar-refractivity contribution in [1.29, 1.82) is 0 Å². The predicted octanol–water partition coefficient (Wildman–Crippen LogP) is 0.225. The van der Waals surface area contributed by atoms with Crippen LogP contribution in [0.5, 0.6) is 0 Å². The summed E-state index contributed by atoms with van der Waals surface area (Å²) in [7, 11) is 1.59. The molecule has 1 amide bonds. The van der Waals surface area contributed by atoms with Gasteiger partial charge in [-0.1, -0.05) is 0 Å². The monoisotopic (exact) mass is 144 g/mol. The summed E-state index contributed by atoms with van der Waals surface area (Å²) in [6, 6.07) is 0. The fourth-order valence-corrected chi connectivity index (χ4v) is 0.419. The molecule has 0 aliphatic heterocycles. The quantitative estimate of drug-likeness (QED) is 0.455. The highest BCUT2D eigenvalue weighted by Gasteiger charge is 1.92. The predicted molar refractivity (Wildman–Crippen MR) is 38.6 cm³/mol. The van der Waals surface area contributed by atoms with Crippen LogP contribution in [0.1, 0.15) is 6.42 Å². The molecule has 50 valence electrons. The minimum Gasteiger partial charge on any atom is -0.359 e. The summed E-state index contributed by atoms with van der Waals surface area (Å²) in [5, 5.41) is 4.64. The normalized spacial score (nSPS) is 7.67. The first kappa shape index (κ1) is 8.27. The molecule has 0 aliphatic rings. The molecule has 0 aromatic carbocycles. The molecule has 0 fully saturated rings. The molecule has 4 heteroatoms. The minimum atomic E-state index is -0.0241. The third-order valence-electron chi connectivity index (χ3n) is 0.794. The van der Waals surface area contributed by atoms with E-state index < -0.39 is 0 Å². The number of aliphatic imine (C=N–C) groups is 1. The number of thiocarbonyl (C=S) groups is 1. The number of hydrogen-bond acceptors (Lipinski definition) is 3. The Balaban J connectivity index is 3.27. The van der Waals surface area contributed by atoms with Crippen molar-refractivity contribution in [3.8, 4) is 0 Å². The van der Waals surface area contributed by atoms with Gasteiger partial charge >= 0.3 is 0 Å². The van der Waals surface area contributed by atoms with Gasteiger partial charge in [-0.05, 0) is 12.2 Å². The zero-order chi connectivity index (χ0) is 7.11. The van der Waals surface area contributed by atoms with Crippen LogP contribution in [-0.2, 0) is 4.79 Å². The molecule has 0 heterocycles. The first-order chi connectivity index (χ1) is 4.31. The Labute approximate surface area is 59.2 Å². The standard InChI is InChI=1S/C5H8N2OS/c1-6-5(8)2-3-7-4-9/h2-3H2,1H3,(H,6,8).